The fraction of sp³-hybridized carbons (Fsp3) is 0.379. The average Bonchev–Trinajstić information content (AvgIpc) is 2.86. The van der Waals surface area contributed by atoms with E-state index >= 15 is 8.78 Å². The summed E-state index contributed by atoms with van der Waals surface area (Å²) in [6.07, 6.45) is 4.55. The first kappa shape index (κ1) is 25.1. The molecule has 1 fully saturated rings. The second-order valence-electron chi connectivity index (χ2n) is 9.39. The van der Waals surface area contributed by atoms with Gasteiger partial charge in [0.15, 0.2) is 11.6 Å². The molecule has 3 aromatic carbocycles. The van der Waals surface area contributed by atoms with Crippen molar-refractivity contribution in [1.29, 1.82) is 0 Å². The van der Waals surface area contributed by atoms with E-state index < -0.39 is 17.5 Å². The highest BCUT2D eigenvalue weighted by Crippen LogP contribution is 2.40. The standard InChI is InChI=1S/C29H31F3O3/c1-2-3-27(34)20-6-4-18(5-7-20)24-14-15-25(29(32)28(24)31)19-9-12-23(13-10-19)35-17-21-8-11-22(33)16-26(21)30/h8-16,18,20,27,33-34H,2-7,17H2,1H3. The van der Waals surface area contributed by atoms with Crippen LogP contribution < -0.4 is 4.74 Å². The van der Waals surface area contributed by atoms with Crippen molar-refractivity contribution in [2.75, 3.05) is 0 Å². The molecule has 1 aliphatic carbocycles. The van der Waals surface area contributed by atoms with Gasteiger partial charge in [0.05, 0.1) is 6.10 Å². The minimum atomic E-state index is -0.865. The average molecular weight is 485 g/mol. The molecule has 3 aromatic rings. The van der Waals surface area contributed by atoms with Crippen LogP contribution in [-0.2, 0) is 6.61 Å². The van der Waals surface area contributed by atoms with Crippen molar-refractivity contribution in [2.24, 2.45) is 5.92 Å². The van der Waals surface area contributed by atoms with Gasteiger partial charge >= 0.3 is 0 Å². The van der Waals surface area contributed by atoms with Crippen LogP contribution in [0.1, 0.15) is 62.5 Å². The van der Waals surface area contributed by atoms with Crippen LogP contribution in [0.3, 0.4) is 0 Å². The number of hydrogen-bond acceptors (Lipinski definition) is 3. The van der Waals surface area contributed by atoms with Crippen LogP contribution in [-0.4, -0.2) is 16.3 Å². The molecule has 0 saturated heterocycles. The maximum Gasteiger partial charge on any atom is 0.166 e. The van der Waals surface area contributed by atoms with Gasteiger partial charge in [0.1, 0.15) is 23.9 Å². The number of phenolic OH excluding ortho intramolecular Hbond substituents is 1. The molecule has 0 heterocycles. The van der Waals surface area contributed by atoms with E-state index in [1.165, 1.54) is 12.1 Å². The largest absolute Gasteiger partial charge is 0.508 e. The van der Waals surface area contributed by atoms with Crippen molar-refractivity contribution < 1.29 is 28.1 Å². The maximum absolute atomic E-state index is 15.1. The Kier molecular flexibility index (Phi) is 8.01. The van der Waals surface area contributed by atoms with Gasteiger partial charge in [0, 0.05) is 17.2 Å². The van der Waals surface area contributed by atoms with Crippen molar-refractivity contribution in [3.63, 3.8) is 0 Å². The molecule has 1 unspecified atom stereocenters. The predicted octanol–water partition coefficient (Wildman–Crippen LogP) is 7.49. The predicted molar refractivity (Wildman–Crippen MR) is 130 cm³/mol. The van der Waals surface area contributed by atoms with Gasteiger partial charge in [-0.1, -0.05) is 37.6 Å². The summed E-state index contributed by atoms with van der Waals surface area (Å²) in [5.41, 5.74) is 1.40. The quantitative estimate of drug-likeness (QED) is 0.348. The normalized spacial score (nSPS) is 18.9. The number of halogens is 3. The van der Waals surface area contributed by atoms with E-state index in [4.69, 9.17) is 4.74 Å². The van der Waals surface area contributed by atoms with Crippen molar-refractivity contribution in [2.45, 2.75) is 64.1 Å². The second-order valence-corrected chi connectivity index (χ2v) is 9.39. The van der Waals surface area contributed by atoms with Crippen LogP contribution in [0.25, 0.3) is 11.1 Å². The third kappa shape index (κ3) is 5.81. The smallest absolute Gasteiger partial charge is 0.166 e. The molecule has 0 bridgehead atoms. The van der Waals surface area contributed by atoms with Gasteiger partial charge in [0.25, 0.3) is 0 Å². The van der Waals surface area contributed by atoms with Crippen LogP contribution >= 0.6 is 0 Å². The topological polar surface area (TPSA) is 49.7 Å². The van der Waals surface area contributed by atoms with E-state index in [1.54, 1.807) is 36.4 Å². The van der Waals surface area contributed by atoms with E-state index in [0.717, 1.165) is 44.6 Å². The van der Waals surface area contributed by atoms with Gasteiger partial charge in [-0.2, -0.15) is 0 Å². The molecule has 0 spiro atoms. The molecule has 0 aliphatic heterocycles. The molecule has 186 valence electrons. The third-order valence-corrected chi connectivity index (χ3v) is 7.05. The summed E-state index contributed by atoms with van der Waals surface area (Å²) >= 11 is 0. The Labute approximate surface area is 204 Å². The van der Waals surface area contributed by atoms with E-state index in [-0.39, 0.29) is 35.9 Å². The van der Waals surface area contributed by atoms with E-state index in [0.29, 0.717) is 22.4 Å². The highest BCUT2D eigenvalue weighted by atomic mass is 19.2. The van der Waals surface area contributed by atoms with Crippen LogP contribution in [0.4, 0.5) is 13.2 Å². The minimum Gasteiger partial charge on any atom is -0.508 e. The van der Waals surface area contributed by atoms with Gasteiger partial charge in [-0.25, -0.2) is 13.2 Å². The zero-order valence-corrected chi connectivity index (χ0v) is 19.8. The minimum absolute atomic E-state index is 0.0269. The molecule has 3 nitrogen and oxygen atoms in total. The third-order valence-electron chi connectivity index (χ3n) is 7.05. The lowest BCUT2D eigenvalue weighted by molar-refractivity contribution is 0.0727. The zero-order chi connectivity index (χ0) is 24.9. The van der Waals surface area contributed by atoms with Gasteiger partial charge in [0.2, 0.25) is 0 Å². The number of rotatable bonds is 8. The Morgan fingerprint density at radius 1 is 0.914 bits per heavy atom. The number of phenols is 1. The lowest BCUT2D eigenvalue weighted by atomic mass is 9.75. The summed E-state index contributed by atoms with van der Waals surface area (Å²) in [5, 5.41) is 19.6. The van der Waals surface area contributed by atoms with Crippen molar-refractivity contribution in [3.8, 4) is 22.6 Å². The number of aromatic hydroxyl groups is 1. The molecule has 1 aliphatic rings. The van der Waals surface area contributed by atoms with Crippen LogP contribution in [0, 0.1) is 23.4 Å². The first-order valence-electron chi connectivity index (χ1n) is 12.2. The summed E-state index contributed by atoms with van der Waals surface area (Å²) in [6.45, 7) is 2.02. The van der Waals surface area contributed by atoms with Crippen molar-refractivity contribution in [1.82, 2.24) is 0 Å². The van der Waals surface area contributed by atoms with E-state index in [2.05, 4.69) is 0 Å². The van der Waals surface area contributed by atoms with Gasteiger partial charge < -0.3 is 14.9 Å². The molecule has 0 amide bonds. The summed E-state index contributed by atoms with van der Waals surface area (Å²) in [7, 11) is 0. The SMILES string of the molecule is CCCC(O)C1CCC(c2ccc(-c3ccc(OCc4ccc(O)cc4F)cc3)c(F)c2F)CC1. The van der Waals surface area contributed by atoms with Crippen LogP contribution in [0.2, 0.25) is 0 Å². The lowest BCUT2D eigenvalue weighted by Crippen LogP contribution is -2.25. The Bertz CT molecular complexity index is 1140. The first-order valence-corrected chi connectivity index (χ1v) is 12.2. The highest BCUT2D eigenvalue weighted by Gasteiger charge is 2.29. The number of ether oxygens (including phenoxy) is 1. The number of benzene rings is 3. The summed E-state index contributed by atoms with van der Waals surface area (Å²) in [6, 6.07) is 13.7. The Hall–Kier alpha value is -2.99. The number of hydrogen-bond donors (Lipinski definition) is 2. The lowest BCUT2D eigenvalue weighted by Gasteiger charge is -2.32. The molecule has 35 heavy (non-hydrogen) atoms. The molecular weight excluding hydrogens is 453 g/mol. The number of aliphatic hydroxyl groups excluding tert-OH is 1. The monoisotopic (exact) mass is 484 g/mol. The molecule has 6 heteroatoms. The summed E-state index contributed by atoms with van der Waals surface area (Å²) in [4.78, 5) is 0. The van der Waals surface area contributed by atoms with E-state index in [9.17, 15) is 14.6 Å². The fourth-order valence-corrected chi connectivity index (χ4v) is 4.99. The highest BCUT2D eigenvalue weighted by molar-refractivity contribution is 5.65. The summed E-state index contributed by atoms with van der Waals surface area (Å²) in [5.74, 6) is -1.73. The van der Waals surface area contributed by atoms with Gasteiger partial charge in [-0.3, -0.25) is 0 Å². The Balaban J connectivity index is 1.42. The maximum atomic E-state index is 15.1. The second kappa shape index (κ2) is 11.2. The van der Waals surface area contributed by atoms with Gasteiger partial charge in [-0.05, 0) is 79.3 Å². The molecule has 4 rings (SSSR count). The van der Waals surface area contributed by atoms with Gasteiger partial charge in [-0.15, -0.1) is 0 Å². The molecule has 1 atom stereocenters. The van der Waals surface area contributed by atoms with Crippen molar-refractivity contribution in [3.05, 3.63) is 83.2 Å². The summed E-state index contributed by atoms with van der Waals surface area (Å²) < 4.78 is 49.5. The molecule has 1 saturated carbocycles. The first-order chi connectivity index (χ1) is 16.9. The number of aliphatic hydroxyl groups is 1. The Morgan fingerprint density at radius 2 is 1.63 bits per heavy atom. The Morgan fingerprint density at radius 3 is 2.29 bits per heavy atom. The van der Waals surface area contributed by atoms with Crippen LogP contribution in [0.15, 0.2) is 54.6 Å². The molecule has 0 radical (unpaired) electrons. The van der Waals surface area contributed by atoms with Crippen LogP contribution in [0.5, 0.6) is 11.5 Å². The fourth-order valence-electron chi connectivity index (χ4n) is 4.99. The van der Waals surface area contributed by atoms with E-state index in [1.807, 2.05) is 6.92 Å². The molecular formula is C29H31F3O3. The zero-order valence-electron chi connectivity index (χ0n) is 19.8. The molecule has 0 aromatic heterocycles. The van der Waals surface area contributed by atoms with Crippen molar-refractivity contribution >= 4 is 0 Å². The molecule has 2 N–H and O–H groups in total.